The minimum Gasteiger partial charge on any atom is -0.165 e. The van der Waals surface area contributed by atoms with E-state index in [2.05, 4.69) is 36.8 Å². The number of hydrogen-bond donors (Lipinski definition) is 0. The van der Waals surface area contributed by atoms with Crippen LogP contribution >= 0.6 is 47.0 Å². The van der Waals surface area contributed by atoms with Gasteiger partial charge in [-0.1, -0.05) is 0 Å². The molecular formula is C12H18S4. The molecule has 0 heterocycles. The molecule has 0 radical (unpaired) electrons. The van der Waals surface area contributed by atoms with Crippen molar-refractivity contribution < 1.29 is 0 Å². The van der Waals surface area contributed by atoms with Crippen LogP contribution in [0.4, 0.5) is 0 Å². The first-order chi connectivity index (χ1) is 7.86. The summed E-state index contributed by atoms with van der Waals surface area (Å²) in [6.07, 6.45) is 4.32. The summed E-state index contributed by atoms with van der Waals surface area (Å²) in [5.74, 6) is 4.88. The average molecular weight is 291 g/mol. The molecule has 0 nitrogen and oxygen atoms in total. The summed E-state index contributed by atoms with van der Waals surface area (Å²) < 4.78 is 0. The van der Waals surface area contributed by atoms with Gasteiger partial charge in [0.15, 0.2) is 0 Å². The molecule has 0 bridgehead atoms. The van der Waals surface area contributed by atoms with E-state index in [-0.39, 0.29) is 0 Å². The SMILES string of the molecule is CSCCSc1ccc(SCCSC)cc1. The predicted molar refractivity (Wildman–Crippen MR) is 84.7 cm³/mol. The van der Waals surface area contributed by atoms with E-state index in [9.17, 15) is 0 Å². The van der Waals surface area contributed by atoms with Gasteiger partial charge in [-0.15, -0.1) is 23.5 Å². The topological polar surface area (TPSA) is 0 Å². The molecule has 0 aliphatic rings. The van der Waals surface area contributed by atoms with Gasteiger partial charge < -0.3 is 0 Å². The molecular weight excluding hydrogens is 272 g/mol. The van der Waals surface area contributed by atoms with E-state index in [1.165, 1.54) is 32.8 Å². The molecule has 90 valence electrons. The van der Waals surface area contributed by atoms with Gasteiger partial charge in [0.2, 0.25) is 0 Å². The van der Waals surface area contributed by atoms with Crippen molar-refractivity contribution in [2.45, 2.75) is 9.79 Å². The molecule has 0 fully saturated rings. The van der Waals surface area contributed by atoms with Crippen molar-refractivity contribution in [1.82, 2.24) is 0 Å². The van der Waals surface area contributed by atoms with Crippen molar-refractivity contribution in [3.63, 3.8) is 0 Å². The van der Waals surface area contributed by atoms with Crippen LogP contribution in [0.5, 0.6) is 0 Å². The van der Waals surface area contributed by atoms with Crippen LogP contribution in [0.25, 0.3) is 0 Å². The fourth-order valence-corrected chi connectivity index (χ4v) is 4.25. The molecule has 0 aliphatic heterocycles. The van der Waals surface area contributed by atoms with Gasteiger partial charge in [0.25, 0.3) is 0 Å². The van der Waals surface area contributed by atoms with E-state index in [0.29, 0.717) is 0 Å². The quantitative estimate of drug-likeness (QED) is 0.507. The number of benzene rings is 1. The second-order valence-corrected chi connectivity index (χ2v) is 7.46. The summed E-state index contributed by atoms with van der Waals surface area (Å²) in [7, 11) is 0. The van der Waals surface area contributed by atoms with Gasteiger partial charge in [-0.3, -0.25) is 0 Å². The van der Waals surface area contributed by atoms with Crippen LogP contribution in [0.2, 0.25) is 0 Å². The van der Waals surface area contributed by atoms with Crippen LogP contribution in [0.15, 0.2) is 34.1 Å². The highest BCUT2D eigenvalue weighted by atomic mass is 32.2. The van der Waals surface area contributed by atoms with Gasteiger partial charge in [0, 0.05) is 32.8 Å². The van der Waals surface area contributed by atoms with E-state index in [0.717, 1.165) is 0 Å². The van der Waals surface area contributed by atoms with Crippen LogP contribution in [-0.2, 0) is 0 Å². The van der Waals surface area contributed by atoms with Crippen LogP contribution < -0.4 is 0 Å². The second kappa shape index (κ2) is 9.63. The summed E-state index contributed by atoms with van der Waals surface area (Å²) in [5.41, 5.74) is 0. The molecule has 1 rings (SSSR count). The Kier molecular flexibility index (Phi) is 8.84. The number of thioether (sulfide) groups is 4. The third-order valence-electron chi connectivity index (χ3n) is 1.94. The molecule has 1 aromatic rings. The first-order valence-corrected chi connectivity index (χ1v) is 9.96. The Morgan fingerprint density at radius 2 is 1.06 bits per heavy atom. The van der Waals surface area contributed by atoms with Crippen molar-refractivity contribution in [2.24, 2.45) is 0 Å². The van der Waals surface area contributed by atoms with E-state index >= 15 is 0 Å². The smallest absolute Gasteiger partial charge is 0.00730 e. The number of hydrogen-bond acceptors (Lipinski definition) is 4. The predicted octanol–water partition coefficient (Wildman–Crippen LogP) is 4.60. The maximum atomic E-state index is 2.24. The zero-order valence-electron chi connectivity index (χ0n) is 9.77. The maximum absolute atomic E-state index is 2.24. The van der Waals surface area contributed by atoms with Crippen LogP contribution in [0, 0.1) is 0 Å². The lowest BCUT2D eigenvalue weighted by atomic mass is 10.4. The summed E-state index contributed by atoms with van der Waals surface area (Å²) >= 11 is 7.72. The minimum atomic E-state index is 1.21. The highest BCUT2D eigenvalue weighted by Crippen LogP contribution is 2.24. The van der Waals surface area contributed by atoms with Crippen molar-refractivity contribution in [3.05, 3.63) is 24.3 Å². The molecule has 4 heteroatoms. The van der Waals surface area contributed by atoms with Crippen LogP contribution in [0.1, 0.15) is 0 Å². The Bertz CT molecular complexity index is 242. The standard InChI is InChI=1S/C12H18S4/c1-13-7-9-15-11-3-5-12(6-4-11)16-10-8-14-2/h3-6H,7-10H2,1-2H3. The summed E-state index contributed by atoms with van der Waals surface area (Å²) in [4.78, 5) is 2.78. The maximum Gasteiger partial charge on any atom is 0.00730 e. The fourth-order valence-electron chi connectivity index (χ4n) is 1.12. The van der Waals surface area contributed by atoms with E-state index in [1.54, 1.807) is 0 Å². The van der Waals surface area contributed by atoms with Gasteiger partial charge in [-0.05, 0) is 36.8 Å². The molecule has 0 atom stereocenters. The third-order valence-corrected chi connectivity index (χ3v) is 5.71. The van der Waals surface area contributed by atoms with Gasteiger partial charge in [0.05, 0.1) is 0 Å². The van der Waals surface area contributed by atoms with E-state index in [4.69, 9.17) is 0 Å². The zero-order valence-corrected chi connectivity index (χ0v) is 13.0. The van der Waals surface area contributed by atoms with Gasteiger partial charge in [-0.2, -0.15) is 23.5 Å². The molecule has 0 spiro atoms. The van der Waals surface area contributed by atoms with Gasteiger partial charge in [-0.25, -0.2) is 0 Å². The lowest BCUT2D eigenvalue weighted by Crippen LogP contribution is -1.84. The van der Waals surface area contributed by atoms with Crippen molar-refractivity contribution in [3.8, 4) is 0 Å². The molecule has 0 saturated heterocycles. The lowest BCUT2D eigenvalue weighted by molar-refractivity contribution is 1.34. The summed E-state index contributed by atoms with van der Waals surface area (Å²) in [6, 6.07) is 8.97. The van der Waals surface area contributed by atoms with Crippen LogP contribution in [0.3, 0.4) is 0 Å². The Morgan fingerprint density at radius 1 is 0.688 bits per heavy atom. The van der Waals surface area contributed by atoms with Crippen LogP contribution in [-0.4, -0.2) is 35.5 Å². The third kappa shape index (κ3) is 6.38. The van der Waals surface area contributed by atoms with Crippen molar-refractivity contribution in [1.29, 1.82) is 0 Å². The van der Waals surface area contributed by atoms with E-state index in [1.807, 2.05) is 47.0 Å². The summed E-state index contributed by atoms with van der Waals surface area (Å²) in [6.45, 7) is 0. The Balaban J connectivity index is 2.30. The monoisotopic (exact) mass is 290 g/mol. The molecule has 0 unspecified atom stereocenters. The first kappa shape index (κ1) is 14.7. The fraction of sp³-hybridized carbons (Fsp3) is 0.500. The largest absolute Gasteiger partial charge is 0.165 e. The Labute approximate surface area is 116 Å². The first-order valence-electron chi connectivity index (χ1n) is 5.20. The molecule has 0 N–H and O–H groups in total. The van der Waals surface area contributed by atoms with Crippen molar-refractivity contribution in [2.75, 3.05) is 35.5 Å². The molecule has 0 saturated carbocycles. The normalized spacial score (nSPS) is 10.6. The number of rotatable bonds is 8. The molecule has 16 heavy (non-hydrogen) atoms. The minimum absolute atomic E-state index is 1.21. The highest BCUT2D eigenvalue weighted by Gasteiger charge is 1.96. The Morgan fingerprint density at radius 3 is 1.38 bits per heavy atom. The van der Waals surface area contributed by atoms with Crippen molar-refractivity contribution >= 4 is 47.0 Å². The molecule has 1 aromatic carbocycles. The lowest BCUT2D eigenvalue weighted by Gasteiger charge is -2.03. The average Bonchev–Trinajstić information content (AvgIpc) is 2.32. The molecule has 0 amide bonds. The van der Waals surface area contributed by atoms with Gasteiger partial charge >= 0.3 is 0 Å². The molecule has 0 aromatic heterocycles. The Hall–Kier alpha value is 0.620. The second-order valence-electron chi connectivity index (χ2n) is 3.15. The van der Waals surface area contributed by atoms with E-state index < -0.39 is 0 Å². The summed E-state index contributed by atoms with van der Waals surface area (Å²) in [5, 5.41) is 0. The molecule has 0 aliphatic carbocycles. The van der Waals surface area contributed by atoms with Gasteiger partial charge in [0.1, 0.15) is 0 Å². The highest BCUT2D eigenvalue weighted by molar-refractivity contribution is 8.03. The zero-order chi connectivity index (χ0) is 11.6.